The molecule has 0 saturated heterocycles. The predicted octanol–water partition coefficient (Wildman–Crippen LogP) is 0.832. The minimum Gasteiger partial charge on any atom is -0.326 e. The third-order valence-electron chi connectivity index (χ3n) is 3.00. The summed E-state index contributed by atoms with van der Waals surface area (Å²) in [5.74, 6) is 0.101. The van der Waals surface area contributed by atoms with Gasteiger partial charge in [-0.2, -0.15) is 0 Å². The molecule has 1 heterocycles. The van der Waals surface area contributed by atoms with Crippen molar-refractivity contribution in [2.75, 3.05) is 32.6 Å². The van der Waals surface area contributed by atoms with Crippen LogP contribution in [0.1, 0.15) is 11.1 Å². The Morgan fingerprint density at radius 2 is 2.29 bits per heavy atom. The second-order valence-electron chi connectivity index (χ2n) is 4.56. The van der Waals surface area contributed by atoms with Crippen molar-refractivity contribution >= 4 is 11.6 Å². The number of anilines is 1. The highest BCUT2D eigenvalue weighted by atomic mass is 16.1. The first-order chi connectivity index (χ1) is 8.19. The molecule has 1 aliphatic heterocycles. The van der Waals surface area contributed by atoms with E-state index in [0.29, 0.717) is 6.42 Å². The molecule has 4 nitrogen and oxygen atoms in total. The molecule has 0 spiro atoms. The third kappa shape index (κ3) is 3.05. The molecular formula is C13H19N3O. The molecular weight excluding hydrogens is 214 g/mol. The van der Waals surface area contributed by atoms with Crippen LogP contribution in [0, 0.1) is 0 Å². The fourth-order valence-corrected chi connectivity index (χ4v) is 2.11. The molecule has 17 heavy (non-hydrogen) atoms. The van der Waals surface area contributed by atoms with Crippen LogP contribution in [-0.4, -0.2) is 38.1 Å². The first kappa shape index (κ1) is 12.1. The molecule has 1 aromatic carbocycles. The van der Waals surface area contributed by atoms with E-state index in [-0.39, 0.29) is 5.91 Å². The number of fused-ring (bicyclic) bond motifs is 1. The normalized spacial score (nSPS) is 13.9. The van der Waals surface area contributed by atoms with Crippen LogP contribution < -0.4 is 10.6 Å². The molecule has 1 aliphatic rings. The zero-order valence-corrected chi connectivity index (χ0v) is 10.4. The summed E-state index contributed by atoms with van der Waals surface area (Å²) in [4.78, 5) is 13.5. The molecule has 0 aliphatic carbocycles. The van der Waals surface area contributed by atoms with Crippen molar-refractivity contribution < 1.29 is 4.79 Å². The van der Waals surface area contributed by atoms with E-state index in [1.54, 1.807) is 0 Å². The Kier molecular flexibility index (Phi) is 3.76. The lowest BCUT2D eigenvalue weighted by atomic mass is 10.1. The summed E-state index contributed by atoms with van der Waals surface area (Å²) >= 11 is 0. The lowest BCUT2D eigenvalue weighted by molar-refractivity contribution is -0.115. The molecule has 0 fully saturated rings. The minimum absolute atomic E-state index is 0.101. The molecule has 0 saturated carbocycles. The number of likely N-dealkylation sites (N-methyl/N-ethyl adjacent to an activating group) is 1. The number of nitrogens with one attached hydrogen (secondary N) is 2. The maximum Gasteiger partial charge on any atom is 0.228 e. The summed E-state index contributed by atoms with van der Waals surface area (Å²) in [5, 5.41) is 5.97. The van der Waals surface area contributed by atoms with E-state index < -0.39 is 0 Å². The van der Waals surface area contributed by atoms with Gasteiger partial charge in [-0.15, -0.1) is 0 Å². The van der Waals surface area contributed by atoms with Crippen molar-refractivity contribution in [2.45, 2.75) is 12.8 Å². The molecule has 0 unspecified atom stereocenters. The Labute approximate surface area is 102 Å². The monoisotopic (exact) mass is 233 g/mol. The van der Waals surface area contributed by atoms with Gasteiger partial charge in [0.25, 0.3) is 0 Å². The summed E-state index contributed by atoms with van der Waals surface area (Å²) in [7, 11) is 4.04. The van der Waals surface area contributed by atoms with Gasteiger partial charge in [0, 0.05) is 18.9 Å². The highest BCUT2D eigenvalue weighted by Crippen LogP contribution is 2.23. The van der Waals surface area contributed by atoms with Gasteiger partial charge in [0.15, 0.2) is 0 Å². The molecule has 0 radical (unpaired) electrons. The maximum atomic E-state index is 11.2. The molecule has 1 amide bonds. The van der Waals surface area contributed by atoms with Gasteiger partial charge < -0.3 is 10.6 Å². The Hall–Kier alpha value is -1.39. The van der Waals surface area contributed by atoms with Crippen molar-refractivity contribution in [3.8, 4) is 0 Å². The van der Waals surface area contributed by atoms with E-state index in [1.165, 1.54) is 5.56 Å². The number of benzene rings is 1. The van der Waals surface area contributed by atoms with Gasteiger partial charge in [0.05, 0.1) is 6.42 Å². The smallest absolute Gasteiger partial charge is 0.228 e. The lowest BCUT2D eigenvalue weighted by Crippen LogP contribution is -2.30. The average Bonchev–Trinajstić information content (AvgIpc) is 2.66. The second kappa shape index (κ2) is 5.29. The molecule has 4 heteroatoms. The number of rotatable bonds is 5. The van der Waals surface area contributed by atoms with Gasteiger partial charge in [-0.1, -0.05) is 12.1 Å². The van der Waals surface area contributed by atoms with Gasteiger partial charge in [-0.25, -0.2) is 0 Å². The van der Waals surface area contributed by atoms with Crippen LogP contribution in [0.25, 0.3) is 0 Å². The van der Waals surface area contributed by atoms with E-state index in [4.69, 9.17) is 0 Å². The van der Waals surface area contributed by atoms with Crippen molar-refractivity contribution in [3.05, 3.63) is 29.3 Å². The third-order valence-corrected chi connectivity index (χ3v) is 3.00. The van der Waals surface area contributed by atoms with E-state index >= 15 is 0 Å². The fraction of sp³-hybridized carbons (Fsp3) is 0.462. The van der Waals surface area contributed by atoms with E-state index in [9.17, 15) is 4.79 Å². The zero-order valence-electron chi connectivity index (χ0n) is 10.4. The lowest BCUT2D eigenvalue weighted by Gasteiger charge is -2.15. The number of hydrogen-bond donors (Lipinski definition) is 2. The van der Waals surface area contributed by atoms with Crippen molar-refractivity contribution in [1.82, 2.24) is 10.2 Å². The highest BCUT2D eigenvalue weighted by Gasteiger charge is 2.17. The van der Waals surface area contributed by atoms with Crippen LogP contribution in [0.5, 0.6) is 0 Å². The number of carbonyl (C=O) groups excluding carboxylic acids is 1. The molecule has 2 N–H and O–H groups in total. The van der Waals surface area contributed by atoms with Crippen LogP contribution >= 0.6 is 0 Å². The first-order valence-corrected chi connectivity index (χ1v) is 5.94. The Morgan fingerprint density at radius 3 is 3.06 bits per heavy atom. The van der Waals surface area contributed by atoms with Crippen LogP contribution in [0.15, 0.2) is 18.2 Å². The molecule has 2 rings (SSSR count). The highest BCUT2D eigenvalue weighted by molar-refractivity contribution is 5.99. The van der Waals surface area contributed by atoms with E-state index in [1.807, 2.05) is 13.1 Å². The van der Waals surface area contributed by atoms with Gasteiger partial charge >= 0.3 is 0 Å². The van der Waals surface area contributed by atoms with Gasteiger partial charge in [0.2, 0.25) is 5.91 Å². The Bertz CT molecular complexity index is 417. The molecule has 92 valence electrons. The SMILES string of the molecule is CNCN(C)CCc1ccc2c(c1)CC(=O)N2. The van der Waals surface area contributed by atoms with Crippen molar-refractivity contribution in [2.24, 2.45) is 0 Å². The van der Waals surface area contributed by atoms with Crippen LogP contribution in [-0.2, 0) is 17.6 Å². The van der Waals surface area contributed by atoms with Crippen molar-refractivity contribution in [3.63, 3.8) is 0 Å². The van der Waals surface area contributed by atoms with Crippen LogP contribution in [0.2, 0.25) is 0 Å². The zero-order chi connectivity index (χ0) is 12.3. The largest absolute Gasteiger partial charge is 0.326 e. The van der Waals surface area contributed by atoms with Crippen LogP contribution in [0.3, 0.4) is 0 Å². The predicted molar refractivity (Wildman–Crippen MR) is 69.0 cm³/mol. The van der Waals surface area contributed by atoms with Gasteiger partial charge in [0.1, 0.15) is 0 Å². The summed E-state index contributed by atoms with van der Waals surface area (Å²) < 4.78 is 0. The first-order valence-electron chi connectivity index (χ1n) is 5.94. The minimum atomic E-state index is 0.101. The summed E-state index contributed by atoms with van der Waals surface area (Å²) in [5.41, 5.74) is 3.40. The summed E-state index contributed by atoms with van der Waals surface area (Å²) in [6, 6.07) is 6.24. The van der Waals surface area contributed by atoms with Gasteiger partial charge in [-0.3, -0.25) is 9.69 Å². The number of hydrogen-bond acceptors (Lipinski definition) is 3. The van der Waals surface area contributed by atoms with Crippen LogP contribution in [0.4, 0.5) is 5.69 Å². The molecule has 0 aromatic heterocycles. The molecule has 0 atom stereocenters. The second-order valence-corrected chi connectivity index (χ2v) is 4.56. The van der Waals surface area contributed by atoms with Crippen molar-refractivity contribution in [1.29, 1.82) is 0 Å². The van der Waals surface area contributed by atoms with Gasteiger partial charge in [-0.05, 0) is 37.7 Å². The standard InChI is InChI=1S/C13H19N3O/c1-14-9-16(2)6-5-10-3-4-12-11(7-10)8-13(17)15-12/h3-4,7,14H,5-6,8-9H2,1-2H3,(H,15,17). The summed E-state index contributed by atoms with van der Waals surface area (Å²) in [6.07, 6.45) is 1.54. The Balaban J connectivity index is 1.95. The summed E-state index contributed by atoms with van der Waals surface area (Å²) in [6.45, 7) is 1.91. The maximum absolute atomic E-state index is 11.2. The average molecular weight is 233 g/mol. The quantitative estimate of drug-likeness (QED) is 0.741. The number of carbonyl (C=O) groups is 1. The van der Waals surface area contributed by atoms with E-state index in [2.05, 4.69) is 34.7 Å². The van der Waals surface area contributed by atoms with E-state index in [0.717, 1.165) is 30.9 Å². The molecule has 0 bridgehead atoms. The topological polar surface area (TPSA) is 44.4 Å². The molecule has 1 aromatic rings. The number of amides is 1. The fourth-order valence-electron chi connectivity index (χ4n) is 2.11. The Morgan fingerprint density at radius 1 is 1.47 bits per heavy atom. The number of nitrogens with zero attached hydrogens (tertiary/aromatic N) is 1.